The van der Waals surface area contributed by atoms with Crippen molar-refractivity contribution in [2.24, 2.45) is 10.7 Å². The molecule has 1 saturated carbocycles. The van der Waals surface area contributed by atoms with Crippen molar-refractivity contribution in [1.82, 2.24) is 25.1 Å². The Morgan fingerprint density at radius 3 is 2.56 bits per heavy atom. The number of nitrogens with two attached hydrogens (primary N) is 1. The Kier molecular flexibility index (Phi) is 9.80. The van der Waals surface area contributed by atoms with Crippen molar-refractivity contribution in [2.75, 3.05) is 44.6 Å². The summed E-state index contributed by atoms with van der Waals surface area (Å²) >= 11 is 0. The second-order valence-corrected chi connectivity index (χ2v) is 12.1. The molecule has 0 aromatic carbocycles. The molecular weight excluding hydrogens is 520 g/mol. The topological polar surface area (TPSA) is 138 Å². The SMILES string of the molecule is CC1(NC(=O)Nc2ccc3ncc(C(C=NCCCN4CCN(C(=O)OC(C)(C)C)CC4)=CN)cc3n2)CCCC1. The lowest BCUT2D eigenvalue weighted by atomic mass is 10.0. The molecule has 0 radical (unpaired) electrons. The van der Waals surface area contributed by atoms with E-state index >= 15 is 0 Å². The molecular formula is C30H44N8O3. The maximum Gasteiger partial charge on any atom is 0.410 e. The minimum Gasteiger partial charge on any atom is -0.444 e. The summed E-state index contributed by atoms with van der Waals surface area (Å²) in [6.45, 7) is 12.3. The largest absolute Gasteiger partial charge is 0.444 e. The Morgan fingerprint density at radius 2 is 1.88 bits per heavy atom. The third kappa shape index (κ3) is 8.88. The van der Waals surface area contributed by atoms with Crippen LogP contribution in [-0.2, 0) is 4.74 Å². The van der Waals surface area contributed by atoms with Crippen molar-refractivity contribution in [3.05, 3.63) is 36.2 Å². The highest BCUT2D eigenvalue weighted by Gasteiger charge is 2.30. The fourth-order valence-corrected chi connectivity index (χ4v) is 5.18. The third-order valence-electron chi connectivity index (χ3n) is 7.43. The molecule has 2 fully saturated rings. The first-order valence-corrected chi connectivity index (χ1v) is 14.5. The quantitative estimate of drug-likeness (QED) is 0.319. The fraction of sp³-hybridized carbons (Fsp3) is 0.567. The fourth-order valence-electron chi connectivity index (χ4n) is 5.18. The average molecular weight is 565 g/mol. The van der Waals surface area contributed by atoms with Gasteiger partial charge in [-0.3, -0.25) is 20.2 Å². The van der Waals surface area contributed by atoms with E-state index in [2.05, 4.69) is 37.4 Å². The first-order chi connectivity index (χ1) is 19.5. The van der Waals surface area contributed by atoms with Crippen molar-refractivity contribution in [2.45, 2.75) is 70.9 Å². The predicted octanol–water partition coefficient (Wildman–Crippen LogP) is 4.40. The van der Waals surface area contributed by atoms with E-state index in [-0.39, 0.29) is 17.7 Å². The molecule has 1 saturated heterocycles. The van der Waals surface area contributed by atoms with E-state index < -0.39 is 5.60 Å². The molecule has 11 heteroatoms. The zero-order valence-corrected chi connectivity index (χ0v) is 24.8. The number of anilines is 1. The van der Waals surface area contributed by atoms with E-state index in [9.17, 15) is 9.59 Å². The van der Waals surface area contributed by atoms with Crippen LogP contribution in [-0.4, -0.2) is 88.5 Å². The number of aromatic nitrogens is 2. The van der Waals surface area contributed by atoms with E-state index in [1.165, 1.54) is 6.20 Å². The third-order valence-corrected chi connectivity index (χ3v) is 7.43. The van der Waals surface area contributed by atoms with Crippen LogP contribution in [0.15, 0.2) is 35.6 Å². The molecule has 1 aliphatic heterocycles. The summed E-state index contributed by atoms with van der Waals surface area (Å²) in [6, 6.07) is 5.25. The number of fused-ring (bicyclic) bond motifs is 1. The lowest BCUT2D eigenvalue weighted by Gasteiger charge is -2.35. The molecule has 0 atom stereocenters. The number of nitrogens with zero attached hydrogens (tertiary/aromatic N) is 5. The summed E-state index contributed by atoms with van der Waals surface area (Å²) in [5.41, 5.74) is 8.22. The van der Waals surface area contributed by atoms with Crippen LogP contribution in [0.2, 0.25) is 0 Å². The number of rotatable bonds is 8. The highest BCUT2D eigenvalue weighted by molar-refractivity contribution is 6.10. The Hall–Kier alpha value is -3.73. The molecule has 41 heavy (non-hydrogen) atoms. The van der Waals surface area contributed by atoms with Crippen LogP contribution >= 0.6 is 0 Å². The van der Waals surface area contributed by atoms with Crippen molar-refractivity contribution in [3.63, 3.8) is 0 Å². The predicted molar refractivity (Wildman–Crippen MR) is 163 cm³/mol. The summed E-state index contributed by atoms with van der Waals surface area (Å²) in [5.74, 6) is 0.467. The Bertz CT molecular complexity index is 1270. The first-order valence-electron chi connectivity index (χ1n) is 14.5. The van der Waals surface area contributed by atoms with Gasteiger partial charge in [0.1, 0.15) is 11.4 Å². The number of pyridine rings is 2. The van der Waals surface area contributed by atoms with Crippen LogP contribution in [0.1, 0.15) is 65.4 Å². The highest BCUT2D eigenvalue weighted by atomic mass is 16.6. The van der Waals surface area contributed by atoms with Gasteiger partial charge in [0.2, 0.25) is 0 Å². The zero-order chi connectivity index (χ0) is 29.5. The minimum absolute atomic E-state index is 0.160. The second-order valence-electron chi connectivity index (χ2n) is 12.1. The number of carbonyl (C=O) groups excluding carboxylic acids is 2. The van der Waals surface area contributed by atoms with Crippen molar-refractivity contribution < 1.29 is 14.3 Å². The van der Waals surface area contributed by atoms with E-state index in [4.69, 9.17) is 10.5 Å². The van der Waals surface area contributed by atoms with Gasteiger partial charge in [0, 0.05) is 74.6 Å². The molecule has 4 rings (SSSR count). The second kappa shape index (κ2) is 13.3. The van der Waals surface area contributed by atoms with Gasteiger partial charge < -0.3 is 20.7 Å². The summed E-state index contributed by atoms with van der Waals surface area (Å²) in [5, 5.41) is 5.94. The molecule has 2 aromatic rings. The molecule has 1 aliphatic carbocycles. The van der Waals surface area contributed by atoms with Crippen molar-refractivity contribution >= 4 is 40.8 Å². The number of ether oxygens (including phenoxy) is 1. The number of hydrogen-bond donors (Lipinski definition) is 3. The van der Waals surface area contributed by atoms with Crippen LogP contribution in [0.5, 0.6) is 0 Å². The van der Waals surface area contributed by atoms with Gasteiger partial charge >= 0.3 is 12.1 Å². The molecule has 0 unspecified atom stereocenters. The maximum atomic E-state index is 12.5. The van der Waals surface area contributed by atoms with E-state index in [0.717, 1.165) is 68.4 Å². The molecule has 11 nitrogen and oxygen atoms in total. The van der Waals surface area contributed by atoms with Gasteiger partial charge in [-0.15, -0.1) is 0 Å². The highest BCUT2D eigenvalue weighted by Crippen LogP contribution is 2.29. The monoisotopic (exact) mass is 564 g/mol. The lowest BCUT2D eigenvalue weighted by molar-refractivity contribution is 0.0145. The number of piperazine rings is 1. The van der Waals surface area contributed by atoms with Gasteiger partial charge in [-0.1, -0.05) is 12.8 Å². The number of aliphatic imine (C=N–C) groups is 1. The smallest absolute Gasteiger partial charge is 0.410 e. The summed E-state index contributed by atoms with van der Waals surface area (Å²) in [4.78, 5) is 42.6. The zero-order valence-electron chi connectivity index (χ0n) is 24.8. The Balaban J connectivity index is 1.25. The van der Waals surface area contributed by atoms with Crippen LogP contribution in [0, 0.1) is 0 Å². The average Bonchev–Trinajstić information content (AvgIpc) is 3.35. The molecule has 222 valence electrons. The van der Waals surface area contributed by atoms with Gasteiger partial charge in [0.05, 0.1) is 11.0 Å². The number of urea groups is 1. The van der Waals surface area contributed by atoms with E-state index in [1.807, 2.05) is 32.9 Å². The number of carbonyl (C=O) groups is 2. The van der Waals surface area contributed by atoms with Gasteiger partial charge in [-0.2, -0.15) is 0 Å². The van der Waals surface area contributed by atoms with Crippen LogP contribution in [0.4, 0.5) is 15.4 Å². The lowest BCUT2D eigenvalue weighted by Crippen LogP contribution is -2.50. The van der Waals surface area contributed by atoms with E-state index in [0.29, 0.717) is 31.0 Å². The molecule has 3 amide bonds. The Labute approximate surface area is 242 Å². The van der Waals surface area contributed by atoms with Crippen molar-refractivity contribution in [3.8, 4) is 0 Å². The minimum atomic E-state index is -0.478. The van der Waals surface area contributed by atoms with Crippen LogP contribution < -0.4 is 16.4 Å². The molecule has 3 heterocycles. The maximum absolute atomic E-state index is 12.5. The summed E-state index contributed by atoms with van der Waals surface area (Å²) in [6.07, 6.45) is 9.93. The van der Waals surface area contributed by atoms with E-state index in [1.54, 1.807) is 23.4 Å². The van der Waals surface area contributed by atoms with Crippen molar-refractivity contribution in [1.29, 1.82) is 0 Å². The van der Waals surface area contributed by atoms with Gasteiger partial charge in [0.25, 0.3) is 0 Å². The molecule has 0 bridgehead atoms. The normalized spacial score (nSPS) is 18.1. The number of amides is 3. The standard InChI is InChI=1S/C30H44N8O3/c1-29(2,3)41-28(40)38-16-14-37(15-17-38)13-7-12-32-20-23(19-31)22-18-25-24(33-21-22)8-9-26(34-25)35-27(39)36-30(4)10-5-6-11-30/h8-9,18-21H,5-7,10-17,31H2,1-4H3,(H2,34,35,36,39). The van der Waals surface area contributed by atoms with Crippen LogP contribution in [0.3, 0.4) is 0 Å². The number of nitrogens with one attached hydrogen (secondary N) is 2. The summed E-state index contributed by atoms with van der Waals surface area (Å²) < 4.78 is 5.47. The summed E-state index contributed by atoms with van der Waals surface area (Å²) in [7, 11) is 0. The molecule has 2 aromatic heterocycles. The van der Waals surface area contributed by atoms with Crippen LogP contribution in [0.25, 0.3) is 16.6 Å². The molecule has 4 N–H and O–H groups in total. The van der Waals surface area contributed by atoms with Gasteiger partial charge in [-0.05, 0) is 65.2 Å². The molecule has 2 aliphatic rings. The van der Waals surface area contributed by atoms with Gasteiger partial charge in [-0.25, -0.2) is 14.6 Å². The Morgan fingerprint density at radius 1 is 1.15 bits per heavy atom. The van der Waals surface area contributed by atoms with Gasteiger partial charge in [0.15, 0.2) is 0 Å². The first kappa shape index (κ1) is 30.2. The molecule has 0 spiro atoms. The number of hydrogen-bond acceptors (Lipinski definition) is 8. The number of allylic oxidation sites excluding steroid dienone is 1.